The summed E-state index contributed by atoms with van der Waals surface area (Å²) in [6, 6.07) is 18.2. The summed E-state index contributed by atoms with van der Waals surface area (Å²) in [7, 11) is 0. The second kappa shape index (κ2) is 7.20. The van der Waals surface area contributed by atoms with Crippen LogP contribution in [-0.2, 0) is 6.54 Å². The molecule has 4 aromatic heterocycles. The van der Waals surface area contributed by atoms with E-state index in [9.17, 15) is 0 Å². The van der Waals surface area contributed by atoms with E-state index in [2.05, 4.69) is 54.4 Å². The predicted molar refractivity (Wildman–Crippen MR) is 112 cm³/mol. The van der Waals surface area contributed by atoms with Crippen LogP contribution in [0.2, 0.25) is 0 Å². The van der Waals surface area contributed by atoms with Crippen LogP contribution in [0.5, 0.6) is 0 Å². The molecule has 5 rings (SSSR count). The van der Waals surface area contributed by atoms with E-state index in [0.717, 1.165) is 39.5 Å². The average Bonchev–Trinajstić information content (AvgIpc) is 3.40. The van der Waals surface area contributed by atoms with Gasteiger partial charge in [0.15, 0.2) is 0 Å². The first-order chi connectivity index (χ1) is 14.3. The van der Waals surface area contributed by atoms with Gasteiger partial charge in [-0.3, -0.25) is 4.98 Å². The molecule has 5 aromatic rings. The second-order valence-corrected chi connectivity index (χ2v) is 6.81. The van der Waals surface area contributed by atoms with Crippen molar-refractivity contribution < 1.29 is 0 Å². The van der Waals surface area contributed by atoms with Gasteiger partial charge in [0.2, 0.25) is 0 Å². The normalized spacial score (nSPS) is 11.1. The third kappa shape index (κ3) is 3.45. The summed E-state index contributed by atoms with van der Waals surface area (Å²) < 4.78 is 3.86. The number of nitrogens with one attached hydrogen (secondary N) is 1. The maximum Gasteiger partial charge on any atom is 0.144 e. The van der Waals surface area contributed by atoms with E-state index in [-0.39, 0.29) is 0 Å². The van der Waals surface area contributed by atoms with E-state index in [1.807, 2.05) is 55.8 Å². The van der Waals surface area contributed by atoms with Gasteiger partial charge >= 0.3 is 0 Å². The molecule has 142 valence electrons. The third-order valence-corrected chi connectivity index (χ3v) is 4.75. The lowest BCUT2D eigenvalue weighted by molar-refractivity contribution is 0.798. The Morgan fingerprint density at radius 1 is 0.931 bits per heavy atom. The number of benzene rings is 1. The Morgan fingerprint density at radius 3 is 2.66 bits per heavy atom. The van der Waals surface area contributed by atoms with Crippen molar-refractivity contribution in [2.24, 2.45) is 0 Å². The summed E-state index contributed by atoms with van der Waals surface area (Å²) in [6.45, 7) is 2.57. The Labute approximate surface area is 167 Å². The molecule has 0 aliphatic carbocycles. The number of hydrogen-bond donors (Lipinski definition) is 1. The first-order valence-corrected chi connectivity index (χ1v) is 9.37. The van der Waals surface area contributed by atoms with Gasteiger partial charge in [0.05, 0.1) is 18.4 Å². The van der Waals surface area contributed by atoms with Crippen LogP contribution in [0.1, 0.15) is 11.4 Å². The highest BCUT2D eigenvalue weighted by Gasteiger charge is 2.06. The monoisotopic (exact) mass is 381 g/mol. The van der Waals surface area contributed by atoms with Crippen LogP contribution in [0, 0.1) is 6.92 Å². The molecule has 0 atom stereocenters. The lowest BCUT2D eigenvalue weighted by Crippen LogP contribution is -2.00. The number of pyridine rings is 2. The molecule has 0 amide bonds. The lowest BCUT2D eigenvalue weighted by atomic mass is 10.2. The van der Waals surface area contributed by atoms with Crippen LogP contribution in [0.25, 0.3) is 22.4 Å². The van der Waals surface area contributed by atoms with Crippen LogP contribution in [0.3, 0.4) is 0 Å². The van der Waals surface area contributed by atoms with Crippen LogP contribution in [0.4, 0.5) is 5.69 Å². The summed E-state index contributed by atoms with van der Waals surface area (Å²) in [6.07, 6.45) is 7.57. The Balaban J connectivity index is 1.33. The van der Waals surface area contributed by atoms with Crippen LogP contribution < -0.4 is 5.32 Å². The van der Waals surface area contributed by atoms with Gasteiger partial charge in [-0.1, -0.05) is 5.21 Å². The SMILES string of the molecule is Cc1cc(NCc2cn(-c3ccc(-n4ccc5cccnc54)cc3)nn2)ccn1. The molecule has 1 N–H and O–H groups in total. The topological polar surface area (TPSA) is 73.5 Å². The van der Waals surface area contributed by atoms with Crippen molar-refractivity contribution in [1.82, 2.24) is 29.5 Å². The molecule has 0 fully saturated rings. The molecule has 0 saturated carbocycles. The number of nitrogens with zero attached hydrogens (tertiary/aromatic N) is 6. The van der Waals surface area contributed by atoms with E-state index in [0.29, 0.717) is 6.54 Å². The quantitative estimate of drug-likeness (QED) is 0.499. The first kappa shape index (κ1) is 17.1. The molecule has 29 heavy (non-hydrogen) atoms. The second-order valence-electron chi connectivity index (χ2n) is 6.81. The Hall–Kier alpha value is -4.00. The van der Waals surface area contributed by atoms with Gasteiger partial charge < -0.3 is 9.88 Å². The Morgan fingerprint density at radius 2 is 1.79 bits per heavy atom. The van der Waals surface area contributed by atoms with E-state index in [1.54, 1.807) is 10.9 Å². The molecule has 0 aliphatic heterocycles. The van der Waals surface area contributed by atoms with Crippen molar-refractivity contribution in [3.05, 3.63) is 90.8 Å². The summed E-state index contributed by atoms with van der Waals surface area (Å²) in [5, 5.41) is 13.0. The molecule has 0 spiro atoms. The minimum Gasteiger partial charge on any atom is -0.379 e. The maximum atomic E-state index is 4.48. The first-order valence-electron chi connectivity index (χ1n) is 9.37. The van der Waals surface area contributed by atoms with Crippen LogP contribution in [-0.4, -0.2) is 29.5 Å². The highest BCUT2D eigenvalue weighted by Crippen LogP contribution is 2.19. The minimum atomic E-state index is 0.600. The molecule has 0 bridgehead atoms. The highest BCUT2D eigenvalue weighted by molar-refractivity contribution is 5.77. The van der Waals surface area contributed by atoms with Gasteiger partial charge in [-0.25, -0.2) is 9.67 Å². The van der Waals surface area contributed by atoms with Crippen molar-refractivity contribution in [3.8, 4) is 11.4 Å². The Bertz CT molecular complexity index is 1270. The average molecular weight is 381 g/mol. The smallest absolute Gasteiger partial charge is 0.144 e. The van der Waals surface area contributed by atoms with E-state index < -0.39 is 0 Å². The molecule has 0 radical (unpaired) electrons. The van der Waals surface area contributed by atoms with Gasteiger partial charge in [-0.05, 0) is 61.5 Å². The maximum absolute atomic E-state index is 4.48. The number of anilines is 1. The third-order valence-electron chi connectivity index (χ3n) is 4.75. The molecule has 7 nitrogen and oxygen atoms in total. The van der Waals surface area contributed by atoms with E-state index in [4.69, 9.17) is 0 Å². The molecule has 4 heterocycles. The minimum absolute atomic E-state index is 0.600. The zero-order valence-electron chi connectivity index (χ0n) is 15.9. The van der Waals surface area contributed by atoms with Crippen molar-refractivity contribution in [3.63, 3.8) is 0 Å². The van der Waals surface area contributed by atoms with Gasteiger partial charge in [0, 0.05) is 41.0 Å². The van der Waals surface area contributed by atoms with Gasteiger partial charge in [0.25, 0.3) is 0 Å². The summed E-state index contributed by atoms with van der Waals surface area (Å²) in [4.78, 5) is 8.68. The number of aromatic nitrogens is 6. The predicted octanol–water partition coefficient (Wildman–Crippen LogP) is 3.92. The number of fused-ring (bicyclic) bond motifs is 1. The molecule has 7 heteroatoms. The fraction of sp³-hybridized carbons (Fsp3) is 0.0909. The highest BCUT2D eigenvalue weighted by atomic mass is 15.4. The zero-order chi connectivity index (χ0) is 19.6. The summed E-state index contributed by atoms with van der Waals surface area (Å²) in [5.41, 5.74) is 5.81. The van der Waals surface area contributed by atoms with Gasteiger partial charge in [-0.15, -0.1) is 5.10 Å². The number of hydrogen-bond acceptors (Lipinski definition) is 5. The fourth-order valence-corrected chi connectivity index (χ4v) is 3.29. The number of rotatable bonds is 5. The number of aryl methyl sites for hydroxylation is 1. The lowest BCUT2D eigenvalue weighted by Gasteiger charge is -2.06. The molecular formula is C22H19N7. The van der Waals surface area contributed by atoms with Gasteiger partial charge in [-0.2, -0.15) is 0 Å². The largest absolute Gasteiger partial charge is 0.379 e. The van der Waals surface area contributed by atoms with Crippen molar-refractivity contribution in [2.45, 2.75) is 13.5 Å². The van der Waals surface area contributed by atoms with E-state index in [1.165, 1.54) is 0 Å². The molecule has 0 aliphatic rings. The Kier molecular flexibility index (Phi) is 4.25. The summed E-state index contributed by atoms with van der Waals surface area (Å²) >= 11 is 0. The van der Waals surface area contributed by atoms with Crippen LogP contribution in [0.15, 0.2) is 79.4 Å². The van der Waals surface area contributed by atoms with Crippen LogP contribution >= 0.6 is 0 Å². The molecule has 1 aromatic carbocycles. The fourth-order valence-electron chi connectivity index (χ4n) is 3.29. The van der Waals surface area contributed by atoms with Gasteiger partial charge in [0.1, 0.15) is 11.3 Å². The molecule has 0 saturated heterocycles. The molecule has 0 unspecified atom stereocenters. The zero-order valence-corrected chi connectivity index (χ0v) is 15.9. The van der Waals surface area contributed by atoms with E-state index >= 15 is 0 Å². The van der Waals surface area contributed by atoms with Crippen molar-refractivity contribution in [2.75, 3.05) is 5.32 Å². The molecular weight excluding hydrogens is 362 g/mol. The van der Waals surface area contributed by atoms with Crippen molar-refractivity contribution >= 4 is 16.7 Å². The summed E-state index contributed by atoms with van der Waals surface area (Å²) in [5.74, 6) is 0. The standard InChI is InChI=1S/C22H19N7/c1-16-13-18(8-11-23-16)25-14-19-15-29(27-26-19)21-6-4-20(5-7-21)28-12-9-17-3-2-10-24-22(17)28/h2-13,15H,14H2,1H3,(H,23,25). The van der Waals surface area contributed by atoms with Crippen molar-refractivity contribution in [1.29, 1.82) is 0 Å².